The molecule has 2 nitrogen and oxygen atoms in total. The Morgan fingerprint density at radius 2 is 2.13 bits per heavy atom. The third-order valence-corrected chi connectivity index (χ3v) is 2.50. The fourth-order valence-corrected chi connectivity index (χ4v) is 1.49. The SMILES string of the molecule is CCC(O)CCCc1cc(F)ccc1O. The van der Waals surface area contributed by atoms with Crippen molar-refractivity contribution >= 4 is 0 Å². The molecule has 0 spiro atoms. The zero-order chi connectivity index (χ0) is 11.3. The minimum absolute atomic E-state index is 0.127. The Hall–Kier alpha value is -1.09. The van der Waals surface area contributed by atoms with Crippen molar-refractivity contribution in [2.24, 2.45) is 0 Å². The van der Waals surface area contributed by atoms with Crippen molar-refractivity contribution in [1.29, 1.82) is 0 Å². The standard InChI is InChI=1S/C12H17FO2/c1-2-11(14)5-3-4-9-8-10(13)6-7-12(9)15/h6-8,11,14-15H,2-5H2,1H3. The van der Waals surface area contributed by atoms with Gasteiger partial charge in [-0.05, 0) is 49.4 Å². The van der Waals surface area contributed by atoms with Gasteiger partial charge >= 0.3 is 0 Å². The molecule has 0 aliphatic carbocycles. The summed E-state index contributed by atoms with van der Waals surface area (Å²) in [6.07, 6.45) is 2.48. The summed E-state index contributed by atoms with van der Waals surface area (Å²) in [6.45, 7) is 1.92. The number of aliphatic hydroxyl groups is 1. The number of phenols is 1. The largest absolute Gasteiger partial charge is 0.508 e. The maximum Gasteiger partial charge on any atom is 0.123 e. The van der Waals surface area contributed by atoms with Crippen molar-refractivity contribution in [3.05, 3.63) is 29.6 Å². The van der Waals surface area contributed by atoms with Crippen LogP contribution in [0.5, 0.6) is 5.75 Å². The summed E-state index contributed by atoms with van der Waals surface area (Å²) in [5.74, 6) is -0.207. The average molecular weight is 212 g/mol. The van der Waals surface area contributed by atoms with E-state index in [-0.39, 0.29) is 17.7 Å². The maximum absolute atomic E-state index is 12.8. The van der Waals surface area contributed by atoms with Crippen LogP contribution in [0.15, 0.2) is 18.2 Å². The fourth-order valence-electron chi connectivity index (χ4n) is 1.49. The van der Waals surface area contributed by atoms with Gasteiger partial charge in [0.05, 0.1) is 6.10 Å². The maximum atomic E-state index is 12.8. The highest BCUT2D eigenvalue weighted by Crippen LogP contribution is 2.20. The van der Waals surface area contributed by atoms with Crippen LogP contribution < -0.4 is 0 Å². The molecule has 0 aliphatic heterocycles. The van der Waals surface area contributed by atoms with E-state index in [1.165, 1.54) is 18.2 Å². The van der Waals surface area contributed by atoms with Crippen LogP contribution in [0, 0.1) is 5.82 Å². The topological polar surface area (TPSA) is 40.5 Å². The lowest BCUT2D eigenvalue weighted by Gasteiger charge is -2.08. The minimum Gasteiger partial charge on any atom is -0.508 e. The first kappa shape index (κ1) is 12.0. The summed E-state index contributed by atoms with van der Waals surface area (Å²) >= 11 is 0. The van der Waals surface area contributed by atoms with Crippen LogP contribution in [0.1, 0.15) is 31.7 Å². The molecule has 84 valence electrons. The molecule has 1 unspecified atom stereocenters. The highest BCUT2D eigenvalue weighted by Gasteiger charge is 2.05. The minimum atomic E-state index is -0.334. The molecule has 0 fully saturated rings. The average Bonchev–Trinajstić information content (AvgIpc) is 2.23. The monoisotopic (exact) mass is 212 g/mol. The van der Waals surface area contributed by atoms with E-state index in [1.807, 2.05) is 6.92 Å². The van der Waals surface area contributed by atoms with Crippen molar-refractivity contribution < 1.29 is 14.6 Å². The number of aryl methyl sites for hydroxylation is 1. The summed E-state index contributed by atoms with van der Waals surface area (Å²) in [5.41, 5.74) is 0.610. The van der Waals surface area contributed by atoms with Gasteiger partial charge in [0.25, 0.3) is 0 Å². The Bertz CT molecular complexity index is 312. The number of benzene rings is 1. The third-order valence-electron chi connectivity index (χ3n) is 2.50. The molecule has 0 amide bonds. The summed E-state index contributed by atoms with van der Waals surface area (Å²) in [6, 6.07) is 3.94. The second kappa shape index (κ2) is 5.71. The molecule has 1 atom stereocenters. The van der Waals surface area contributed by atoms with Gasteiger partial charge in [-0.25, -0.2) is 4.39 Å². The zero-order valence-electron chi connectivity index (χ0n) is 8.91. The fraction of sp³-hybridized carbons (Fsp3) is 0.500. The van der Waals surface area contributed by atoms with Gasteiger partial charge in [-0.2, -0.15) is 0 Å². The molecule has 0 heterocycles. The van der Waals surface area contributed by atoms with E-state index in [0.717, 1.165) is 12.8 Å². The molecule has 0 saturated heterocycles. The molecule has 0 aromatic heterocycles. The number of aliphatic hydroxyl groups excluding tert-OH is 1. The summed E-state index contributed by atoms with van der Waals surface area (Å²) in [5, 5.41) is 18.8. The molecule has 2 N–H and O–H groups in total. The second-order valence-electron chi connectivity index (χ2n) is 3.73. The Labute approximate surface area is 89.4 Å². The first-order chi connectivity index (χ1) is 7.13. The first-order valence-corrected chi connectivity index (χ1v) is 5.29. The van der Waals surface area contributed by atoms with Crippen molar-refractivity contribution in [1.82, 2.24) is 0 Å². The molecular weight excluding hydrogens is 195 g/mol. The third kappa shape index (κ3) is 3.88. The molecule has 15 heavy (non-hydrogen) atoms. The Morgan fingerprint density at radius 3 is 2.80 bits per heavy atom. The van der Waals surface area contributed by atoms with Gasteiger partial charge in [-0.3, -0.25) is 0 Å². The predicted molar refractivity (Wildman–Crippen MR) is 57.3 cm³/mol. The van der Waals surface area contributed by atoms with Crippen LogP contribution in [0.3, 0.4) is 0 Å². The van der Waals surface area contributed by atoms with Crippen molar-refractivity contribution in [2.45, 2.75) is 38.7 Å². The van der Waals surface area contributed by atoms with E-state index in [0.29, 0.717) is 18.4 Å². The van der Waals surface area contributed by atoms with Gasteiger partial charge in [0.15, 0.2) is 0 Å². The highest BCUT2D eigenvalue weighted by molar-refractivity contribution is 5.32. The number of aromatic hydroxyl groups is 1. The lowest BCUT2D eigenvalue weighted by Crippen LogP contribution is -2.04. The number of rotatable bonds is 5. The Kier molecular flexibility index (Phi) is 4.56. The summed E-state index contributed by atoms with van der Waals surface area (Å²) in [7, 11) is 0. The van der Waals surface area contributed by atoms with Gasteiger partial charge in [0.1, 0.15) is 11.6 Å². The molecule has 0 radical (unpaired) electrons. The van der Waals surface area contributed by atoms with Crippen molar-refractivity contribution in [3.63, 3.8) is 0 Å². The smallest absolute Gasteiger partial charge is 0.123 e. The molecule has 0 saturated carbocycles. The van der Waals surface area contributed by atoms with Gasteiger partial charge in [0.2, 0.25) is 0 Å². The van der Waals surface area contributed by atoms with E-state index in [1.54, 1.807) is 0 Å². The molecular formula is C12H17FO2. The molecule has 0 bridgehead atoms. The van der Waals surface area contributed by atoms with Gasteiger partial charge in [0, 0.05) is 0 Å². The van der Waals surface area contributed by atoms with Crippen LogP contribution >= 0.6 is 0 Å². The Morgan fingerprint density at radius 1 is 1.40 bits per heavy atom. The summed E-state index contributed by atoms with van der Waals surface area (Å²) in [4.78, 5) is 0. The van der Waals surface area contributed by atoms with Crippen LogP contribution in [-0.4, -0.2) is 16.3 Å². The van der Waals surface area contributed by atoms with Gasteiger partial charge < -0.3 is 10.2 Å². The van der Waals surface area contributed by atoms with E-state index < -0.39 is 0 Å². The lowest BCUT2D eigenvalue weighted by molar-refractivity contribution is 0.157. The van der Waals surface area contributed by atoms with Crippen LogP contribution in [0.25, 0.3) is 0 Å². The number of hydrogen-bond acceptors (Lipinski definition) is 2. The zero-order valence-corrected chi connectivity index (χ0v) is 8.91. The predicted octanol–water partition coefficient (Wildman–Crippen LogP) is 2.62. The quantitative estimate of drug-likeness (QED) is 0.787. The molecule has 3 heteroatoms. The number of halogens is 1. The molecule has 1 aromatic carbocycles. The van der Waals surface area contributed by atoms with Gasteiger partial charge in [-0.1, -0.05) is 6.92 Å². The van der Waals surface area contributed by atoms with Crippen LogP contribution in [0.4, 0.5) is 4.39 Å². The summed E-state index contributed by atoms with van der Waals surface area (Å²) < 4.78 is 12.8. The van der Waals surface area contributed by atoms with E-state index in [9.17, 15) is 14.6 Å². The van der Waals surface area contributed by atoms with Crippen molar-refractivity contribution in [2.75, 3.05) is 0 Å². The van der Waals surface area contributed by atoms with E-state index in [2.05, 4.69) is 0 Å². The molecule has 1 rings (SSSR count). The normalized spacial score (nSPS) is 12.7. The highest BCUT2D eigenvalue weighted by atomic mass is 19.1. The molecule has 1 aromatic rings. The first-order valence-electron chi connectivity index (χ1n) is 5.29. The van der Waals surface area contributed by atoms with Crippen LogP contribution in [-0.2, 0) is 6.42 Å². The number of phenolic OH excluding ortho intramolecular Hbond substituents is 1. The van der Waals surface area contributed by atoms with Gasteiger partial charge in [-0.15, -0.1) is 0 Å². The van der Waals surface area contributed by atoms with E-state index in [4.69, 9.17) is 0 Å². The molecule has 0 aliphatic rings. The van der Waals surface area contributed by atoms with Crippen molar-refractivity contribution in [3.8, 4) is 5.75 Å². The second-order valence-corrected chi connectivity index (χ2v) is 3.73. The number of hydrogen-bond donors (Lipinski definition) is 2. The van der Waals surface area contributed by atoms with Crippen LogP contribution in [0.2, 0.25) is 0 Å². The Balaban J connectivity index is 2.46. The lowest BCUT2D eigenvalue weighted by atomic mass is 10.0. The van der Waals surface area contributed by atoms with E-state index >= 15 is 0 Å².